The summed E-state index contributed by atoms with van der Waals surface area (Å²) in [5.41, 5.74) is 0.742. The van der Waals surface area contributed by atoms with E-state index in [9.17, 15) is 9.59 Å². The SMILES string of the molecule is CC(C)CC(C)NC(=O)c1ccccc1SCc1occc1C(=O)O. The highest BCUT2D eigenvalue weighted by molar-refractivity contribution is 7.98. The summed E-state index contributed by atoms with van der Waals surface area (Å²) in [5, 5.41) is 12.2. The zero-order valence-corrected chi connectivity index (χ0v) is 15.4. The van der Waals surface area contributed by atoms with Crippen LogP contribution in [-0.2, 0) is 5.75 Å². The van der Waals surface area contributed by atoms with Gasteiger partial charge in [0.05, 0.1) is 17.6 Å². The number of hydrogen-bond donors (Lipinski definition) is 2. The van der Waals surface area contributed by atoms with Crippen LogP contribution in [0.25, 0.3) is 0 Å². The van der Waals surface area contributed by atoms with Gasteiger partial charge < -0.3 is 14.8 Å². The number of hydrogen-bond acceptors (Lipinski definition) is 4. The van der Waals surface area contributed by atoms with E-state index in [1.165, 1.54) is 24.1 Å². The van der Waals surface area contributed by atoms with Crippen LogP contribution in [0.5, 0.6) is 0 Å². The summed E-state index contributed by atoms with van der Waals surface area (Å²) in [4.78, 5) is 24.5. The number of amides is 1. The maximum Gasteiger partial charge on any atom is 0.339 e. The highest BCUT2D eigenvalue weighted by Crippen LogP contribution is 2.28. The van der Waals surface area contributed by atoms with Gasteiger partial charge in [-0.2, -0.15) is 0 Å². The Balaban J connectivity index is 2.08. The second kappa shape index (κ2) is 8.76. The number of carboxylic acids is 1. The van der Waals surface area contributed by atoms with Gasteiger partial charge in [-0.05, 0) is 37.5 Å². The minimum absolute atomic E-state index is 0.0919. The summed E-state index contributed by atoms with van der Waals surface area (Å²) in [6, 6.07) is 8.84. The maximum atomic E-state index is 12.6. The lowest BCUT2D eigenvalue weighted by Gasteiger charge is -2.17. The highest BCUT2D eigenvalue weighted by Gasteiger charge is 2.17. The van der Waals surface area contributed by atoms with Crippen molar-refractivity contribution in [1.82, 2.24) is 5.32 Å². The molecule has 0 saturated heterocycles. The van der Waals surface area contributed by atoms with Gasteiger partial charge in [0.1, 0.15) is 11.3 Å². The van der Waals surface area contributed by atoms with Crippen molar-refractivity contribution in [1.29, 1.82) is 0 Å². The van der Waals surface area contributed by atoms with Gasteiger partial charge in [-0.25, -0.2) is 4.79 Å². The highest BCUT2D eigenvalue weighted by atomic mass is 32.2. The van der Waals surface area contributed by atoms with E-state index in [2.05, 4.69) is 19.2 Å². The van der Waals surface area contributed by atoms with Crippen LogP contribution >= 0.6 is 11.8 Å². The van der Waals surface area contributed by atoms with Gasteiger partial charge in [0.15, 0.2) is 0 Å². The minimum atomic E-state index is -1.02. The van der Waals surface area contributed by atoms with E-state index in [1.807, 2.05) is 25.1 Å². The van der Waals surface area contributed by atoms with Crippen LogP contribution in [0.4, 0.5) is 0 Å². The predicted octanol–water partition coefficient (Wildman–Crippen LogP) is 4.43. The van der Waals surface area contributed by atoms with Gasteiger partial charge in [-0.3, -0.25) is 4.79 Å². The first-order valence-electron chi connectivity index (χ1n) is 8.20. The first-order chi connectivity index (χ1) is 11.9. The molecule has 6 heteroatoms. The smallest absolute Gasteiger partial charge is 0.339 e. The molecule has 1 unspecified atom stereocenters. The number of carbonyl (C=O) groups is 2. The molecule has 0 aliphatic heterocycles. The summed E-state index contributed by atoms with van der Waals surface area (Å²) < 4.78 is 5.25. The first kappa shape index (κ1) is 19.1. The molecule has 2 rings (SSSR count). The molecule has 0 aliphatic carbocycles. The van der Waals surface area contributed by atoms with Crippen LogP contribution in [0.15, 0.2) is 45.9 Å². The number of rotatable bonds is 8. The monoisotopic (exact) mass is 361 g/mol. The van der Waals surface area contributed by atoms with Crippen LogP contribution < -0.4 is 5.32 Å². The fraction of sp³-hybridized carbons (Fsp3) is 0.368. The van der Waals surface area contributed by atoms with E-state index in [0.29, 0.717) is 23.0 Å². The number of thioether (sulfide) groups is 1. The average Bonchev–Trinajstić information content (AvgIpc) is 3.01. The molecule has 0 saturated carbocycles. The van der Waals surface area contributed by atoms with Crippen LogP contribution in [0.3, 0.4) is 0 Å². The summed E-state index contributed by atoms with van der Waals surface area (Å²) >= 11 is 1.39. The number of benzene rings is 1. The molecular formula is C19H23NO4S. The molecule has 0 spiro atoms. The van der Waals surface area contributed by atoms with E-state index >= 15 is 0 Å². The Morgan fingerprint density at radius 1 is 1.16 bits per heavy atom. The second-order valence-electron chi connectivity index (χ2n) is 6.35. The number of carbonyl (C=O) groups excluding carboxylic acids is 1. The maximum absolute atomic E-state index is 12.6. The molecular weight excluding hydrogens is 338 g/mol. The van der Waals surface area contributed by atoms with Gasteiger partial charge in [0.2, 0.25) is 0 Å². The predicted molar refractivity (Wildman–Crippen MR) is 98.1 cm³/mol. The molecule has 1 amide bonds. The normalized spacial score (nSPS) is 12.2. The third-order valence-electron chi connectivity index (χ3n) is 3.67. The molecule has 134 valence electrons. The Bertz CT molecular complexity index is 739. The quantitative estimate of drug-likeness (QED) is 0.680. The van der Waals surface area contributed by atoms with Gasteiger partial charge in [-0.15, -0.1) is 11.8 Å². The van der Waals surface area contributed by atoms with Crippen LogP contribution in [-0.4, -0.2) is 23.0 Å². The molecule has 1 atom stereocenters. The molecule has 1 aromatic heterocycles. The molecule has 2 N–H and O–H groups in total. The molecule has 0 fully saturated rings. The fourth-order valence-electron chi connectivity index (χ4n) is 2.63. The number of nitrogens with one attached hydrogen (secondary N) is 1. The Hall–Kier alpha value is -2.21. The molecule has 0 bridgehead atoms. The molecule has 5 nitrogen and oxygen atoms in total. The van der Waals surface area contributed by atoms with Crippen molar-refractivity contribution in [2.45, 2.75) is 43.9 Å². The van der Waals surface area contributed by atoms with Crippen molar-refractivity contribution in [2.75, 3.05) is 0 Å². The van der Waals surface area contributed by atoms with Gasteiger partial charge in [-0.1, -0.05) is 26.0 Å². The van der Waals surface area contributed by atoms with Crippen molar-refractivity contribution in [3.05, 3.63) is 53.5 Å². The van der Waals surface area contributed by atoms with E-state index in [4.69, 9.17) is 9.52 Å². The van der Waals surface area contributed by atoms with Crippen molar-refractivity contribution >= 4 is 23.6 Å². The third-order valence-corrected chi connectivity index (χ3v) is 4.74. The van der Waals surface area contributed by atoms with Crippen LogP contribution in [0, 0.1) is 5.92 Å². The zero-order chi connectivity index (χ0) is 18.4. The van der Waals surface area contributed by atoms with E-state index in [-0.39, 0.29) is 17.5 Å². The zero-order valence-electron chi connectivity index (χ0n) is 14.6. The Morgan fingerprint density at radius 2 is 1.88 bits per heavy atom. The Labute approximate surface area is 151 Å². The van der Waals surface area contributed by atoms with Crippen molar-refractivity contribution in [2.24, 2.45) is 5.92 Å². The van der Waals surface area contributed by atoms with Crippen molar-refractivity contribution in [3.8, 4) is 0 Å². The lowest BCUT2D eigenvalue weighted by atomic mass is 10.0. The number of furan rings is 1. The van der Waals surface area contributed by atoms with Gasteiger partial charge in [0, 0.05) is 10.9 Å². The van der Waals surface area contributed by atoms with E-state index < -0.39 is 5.97 Å². The Kier molecular flexibility index (Phi) is 6.70. The molecule has 1 aromatic carbocycles. The molecule has 1 heterocycles. The number of aromatic carboxylic acids is 1. The molecule has 25 heavy (non-hydrogen) atoms. The third kappa shape index (κ3) is 5.39. The largest absolute Gasteiger partial charge is 0.478 e. The second-order valence-corrected chi connectivity index (χ2v) is 7.37. The minimum Gasteiger partial charge on any atom is -0.478 e. The summed E-state index contributed by atoms with van der Waals surface area (Å²) in [6.45, 7) is 6.24. The molecule has 0 radical (unpaired) electrons. The van der Waals surface area contributed by atoms with E-state index in [0.717, 1.165) is 11.3 Å². The lowest BCUT2D eigenvalue weighted by Crippen LogP contribution is -2.33. The summed E-state index contributed by atoms with van der Waals surface area (Å²) in [6.07, 6.45) is 2.28. The van der Waals surface area contributed by atoms with Crippen molar-refractivity contribution < 1.29 is 19.1 Å². The number of carboxylic acid groups (broad SMARTS) is 1. The van der Waals surface area contributed by atoms with Crippen LogP contribution in [0.1, 0.15) is 53.7 Å². The molecule has 0 aliphatic rings. The Morgan fingerprint density at radius 3 is 2.56 bits per heavy atom. The topological polar surface area (TPSA) is 79.5 Å². The first-order valence-corrected chi connectivity index (χ1v) is 9.19. The van der Waals surface area contributed by atoms with Crippen LogP contribution in [0.2, 0.25) is 0 Å². The van der Waals surface area contributed by atoms with Gasteiger partial charge in [0.25, 0.3) is 5.91 Å². The van der Waals surface area contributed by atoms with Gasteiger partial charge >= 0.3 is 5.97 Å². The fourth-order valence-corrected chi connectivity index (χ4v) is 3.64. The van der Waals surface area contributed by atoms with Crippen molar-refractivity contribution in [3.63, 3.8) is 0 Å². The summed E-state index contributed by atoms with van der Waals surface area (Å²) in [5.74, 6) is 0.113. The lowest BCUT2D eigenvalue weighted by molar-refractivity contribution is 0.0694. The molecule has 2 aromatic rings. The summed E-state index contributed by atoms with van der Waals surface area (Å²) in [7, 11) is 0. The average molecular weight is 361 g/mol. The standard InChI is InChI=1S/C19H23NO4S/c1-12(2)10-13(3)20-18(21)15-6-4-5-7-17(15)25-11-16-14(19(22)23)8-9-24-16/h4-9,12-13H,10-11H2,1-3H3,(H,20,21)(H,22,23). The van der Waals surface area contributed by atoms with E-state index in [1.54, 1.807) is 6.07 Å².